The molecule has 8 aromatic rings. The number of dihydropyridines is 1. The van der Waals surface area contributed by atoms with E-state index in [2.05, 4.69) is 186 Å². The summed E-state index contributed by atoms with van der Waals surface area (Å²) in [6.45, 7) is 2.27. The molecular weight excluding hydrogens is 595 g/mol. The Hall–Kier alpha value is -6.19. The second kappa shape index (κ2) is 10.7. The van der Waals surface area contributed by atoms with E-state index in [1.807, 2.05) is 0 Å². The van der Waals surface area contributed by atoms with Crippen LogP contribution in [0.3, 0.4) is 0 Å². The van der Waals surface area contributed by atoms with Crippen LogP contribution >= 0.6 is 0 Å². The number of aromatic nitrogens is 2. The van der Waals surface area contributed by atoms with Crippen molar-refractivity contribution in [2.24, 2.45) is 4.99 Å². The standard InChI is InChI=1S/C46H33N3/c1-46-26-13-12-23-40(46)37(31-15-4-2-5-16-31)29-41(47-46)32-17-14-20-34(27-32)49-43-25-11-9-22-36(43)39-28-38-35-21-8-10-24-42(35)48(44(38)30-45(39)49)33-18-6-3-7-19-33/h2-25,27-30H,26H2,1H3. The van der Waals surface area contributed by atoms with Gasteiger partial charge in [0.2, 0.25) is 0 Å². The third kappa shape index (κ3) is 4.25. The maximum absolute atomic E-state index is 5.45. The van der Waals surface area contributed by atoms with E-state index < -0.39 is 0 Å². The highest BCUT2D eigenvalue weighted by Crippen LogP contribution is 2.43. The van der Waals surface area contributed by atoms with Crippen LogP contribution in [0, 0.1) is 0 Å². The molecule has 0 bridgehead atoms. The molecule has 1 aliphatic heterocycles. The molecule has 10 rings (SSSR count). The van der Waals surface area contributed by atoms with Gasteiger partial charge in [0.25, 0.3) is 0 Å². The number of allylic oxidation sites excluding steroid dienone is 3. The lowest BCUT2D eigenvalue weighted by Crippen LogP contribution is -2.31. The minimum absolute atomic E-state index is 0.316. The molecular formula is C46H33N3. The predicted molar refractivity (Wildman–Crippen MR) is 206 cm³/mol. The van der Waals surface area contributed by atoms with Crippen LogP contribution in [0.1, 0.15) is 24.5 Å². The highest BCUT2D eigenvalue weighted by Gasteiger charge is 2.35. The Morgan fingerprint density at radius 2 is 1.12 bits per heavy atom. The van der Waals surface area contributed by atoms with Crippen LogP contribution in [-0.2, 0) is 0 Å². The van der Waals surface area contributed by atoms with E-state index in [1.165, 1.54) is 60.3 Å². The number of rotatable bonds is 4. The van der Waals surface area contributed by atoms with Gasteiger partial charge in [-0.2, -0.15) is 0 Å². The molecule has 0 spiro atoms. The highest BCUT2D eigenvalue weighted by atomic mass is 15.0. The van der Waals surface area contributed by atoms with Crippen LogP contribution < -0.4 is 0 Å². The third-order valence-corrected chi connectivity index (χ3v) is 10.4. The lowest BCUT2D eigenvalue weighted by molar-refractivity contribution is 0.569. The average molecular weight is 628 g/mol. The Bertz CT molecular complexity index is 2730. The molecule has 1 unspecified atom stereocenters. The van der Waals surface area contributed by atoms with Crippen LogP contribution in [0.25, 0.3) is 60.6 Å². The van der Waals surface area contributed by atoms with Crippen LogP contribution in [0.2, 0.25) is 0 Å². The minimum atomic E-state index is -0.316. The van der Waals surface area contributed by atoms with Crippen molar-refractivity contribution in [3.05, 3.63) is 187 Å². The van der Waals surface area contributed by atoms with Gasteiger partial charge in [-0.15, -0.1) is 0 Å². The van der Waals surface area contributed by atoms with Gasteiger partial charge in [0.05, 0.1) is 33.3 Å². The van der Waals surface area contributed by atoms with Gasteiger partial charge < -0.3 is 9.13 Å². The minimum Gasteiger partial charge on any atom is -0.309 e. The van der Waals surface area contributed by atoms with E-state index in [4.69, 9.17) is 4.99 Å². The first kappa shape index (κ1) is 27.9. The molecule has 2 aliphatic rings. The van der Waals surface area contributed by atoms with Crippen LogP contribution in [-0.4, -0.2) is 20.4 Å². The van der Waals surface area contributed by atoms with Crippen LogP contribution in [0.15, 0.2) is 180 Å². The molecule has 0 radical (unpaired) electrons. The van der Waals surface area contributed by atoms with Gasteiger partial charge in [-0.25, -0.2) is 0 Å². The summed E-state index contributed by atoms with van der Waals surface area (Å²) in [5.74, 6) is 0. The Kier molecular flexibility index (Phi) is 6.07. The number of nitrogens with zero attached hydrogens (tertiary/aromatic N) is 3. The zero-order valence-corrected chi connectivity index (χ0v) is 27.2. The van der Waals surface area contributed by atoms with Gasteiger partial charge in [0.1, 0.15) is 0 Å². The highest BCUT2D eigenvalue weighted by molar-refractivity contribution is 6.20. The SMILES string of the molecule is CC12CC=CC=C1C(c1ccccc1)=CC(c1cccc(-n3c4ccccc4c4cc5c6ccccc6n(-c6ccccc6)c5cc43)c1)=N2. The predicted octanol–water partition coefficient (Wildman–Crippen LogP) is 11.4. The maximum atomic E-state index is 5.45. The normalized spacial score (nSPS) is 17.4. The van der Waals surface area contributed by atoms with Gasteiger partial charge in [0.15, 0.2) is 0 Å². The summed E-state index contributed by atoms with van der Waals surface area (Å²) in [5, 5.41) is 5.02. The van der Waals surface area contributed by atoms with E-state index in [0.29, 0.717) is 0 Å². The number of benzene rings is 6. The number of fused-ring (bicyclic) bond motifs is 7. The number of aliphatic imine (C=N–C) groups is 1. The summed E-state index contributed by atoms with van der Waals surface area (Å²) in [6.07, 6.45) is 9.82. The smallest absolute Gasteiger partial charge is 0.0876 e. The fourth-order valence-corrected chi connectivity index (χ4v) is 8.12. The zero-order valence-electron chi connectivity index (χ0n) is 27.2. The van der Waals surface area contributed by atoms with Crippen molar-refractivity contribution in [2.75, 3.05) is 0 Å². The molecule has 0 saturated carbocycles. The van der Waals surface area contributed by atoms with Crippen molar-refractivity contribution in [1.82, 2.24) is 9.13 Å². The Labute approximate surface area is 285 Å². The second-order valence-corrected chi connectivity index (χ2v) is 13.4. The number of hydrogen-bond donors (Lipinski definition) is 0. The molecule has 0 amide bonds. The van der Waals surface area contributed by atoms with Gasteiger partial charge >= 0.3 is 0 Å². The van der Waals surface area contributed by atoms with Gasteiger partial charge in [0, 0.05) is 38.5 Å². The molecule has 0 fully saturated rings. The van der Waals surface area contributed by atoms with E-state index in [-0.39, 0.29) is 5.54 Å². The Morgan fingerprint density at radius 1 is 0.531 bits per heavy atom. The summed E-state index contributed by atoms with van der Waals surface area (Å²) in [4.78, 5) is 5.45. The van der Waals surface area contributed by atoms with E-state index in [0.717, 1.165) is 29.1 Å². The summed E-state index contributed by atoms with van der Waals surface area (Å²) >= 11 is 0. The first-order valence-electron chi connectivity index (χ1n) is 17.0. The van der Waals surface area contributed by atoms with Crippen LogP contribution in [0.5, 0.6) is 0 Å². The molecule has 1 atom stereocenters. The van der Waals surface area contributed by atoms with Crippen molar-refractivity contribution < 1.29 is 0 Å². The first-order valence-corrected chi connectivity index (χ1v) is 17.0. The van der Waals surface area contributed by atoms with Crippen molar-refractivity contribution in [3.8, 4) is 11.4 Å². The summed E-state index contributed by atoms with van der Waals surface area (Å²) < 4.78 is 4.84. The van der Waals surface area contributed by atoms with Gasteiger partial charge in [-0.3, -0.25) is 4.99 Å². The first-order chi connectivity index (χ1) is 24.2. The second-order valence-electron chi connectivity index (χ2n) is 13.4. The Morgan fingerprint density at radius 3 is 1.84 bits per heavy atom. The quantitative estimate of drug-likeness (QED) is 0.185. The van der Waals surface area contributed by atoms with Gasteiger partial charge in [-0.05, 0) is 84.7 Å². The molecule has 49 heavy (non-hydrogen) atoms. The zero-order chi connectivity index (χ0) is 32.5. The topological polar surface area (TPSA) is 22.2 Å². The van der Waals surface area contributed by atoms with E-state index in [1.54, 1.807) is 0 Å². The molecule has 232 valence electrons. The summed E-state index contributed by atoms with van der Waals surface area (Å²) in [5.41, 5.74) is 12.6. The van der Waals surface area contributed by atoms with Crippen molar-refractivity contribution >= 4 is 54.9 Å². The van der Waals surface area contributed by atoms with Crippen molar-refractivity contribution in [3.63, 3.8) is 0 Å². The molecule has 0 N–H and O–H groups in total. The average Bonchev–Trinajstić information content (AvgIpc) is 3.66. The third-order valence-electron chi connectivity index (χ3n) is 10.4. The fourth-order valence-electron chi connectivity index (χ4n) is 8.12. The van der Waals surface area contributed by atoms with Crippen molar-refractivity contribution in [2.45, 2.75) is 18.9 Å². The van der Waals surface area contributed by atoms with E-state index in [9.17, 15) is 0 Å². The molecule has 0 saturated heterocycles. The summed E-state index contributed by atoms with van der Waals surface area (Å²) in [7, 11) is 0. The number of para-hydroxylation sites is 3. The molecule has 1 aliphatic carbocycles. The van der Waals surface area contributed by atoms with Crippen LogP contribution in [0.4, 0.5) is 0 Å². The lowest BCUT2D eigenvalue weighted by atomic mass is 9.76. The Balaban J connectivity index is 1.21. The van der Waals surface area contributed by atoms with E-state index >= 15 is 0 Å². The largest absolute Gasteiger partial charge is 0.309 e. The molecule has 2 aromatic heterocycles. The fraction of sp³-hybridized carbons (Fsp3) is 0.0652. The lowest BCUT2D eigenvalue weighted by Gasteiger charge is -2.35. The monoisotopic (exact) mass is 627 g/mol. The number of hydrogen-bond acceptors (Lipinski definition) is 1. The molecule has 3 heteroatoms. The maximum Gasteiger partial charge on any atom is 0.0876 e. The molecule has 6 aromatic carbocycles. The van der Waals surface area contributed by atoms with Crippen molar-refractivity contribution in [1.29, 1.82) is 0 Å². The molecule has 3 heterocycles. The van der Waals surface area contributed by atoms with Gasteiger partial charge in [-0.1, -0.05) is 115 Å². The summed E-state index contributed by atoms with van der Waals surface area (Å²) in [6, 6.07) is 52.7. The molecule has 3 nitrogen and oxygen atoms in total.